The normalized spacial score (nSPS) is 15.7. The Morgan fingerprint density at radius 3 is 2.37 bits per heavy atom. The monoisotopic (exact) mass is 395 g/mol. The fourth-order valence-corrected chi connectivity index (χ4v) is 4.46. The predicted octanol–water partition coefficient (Wildman–Crippen LogP) is 7.37. The summed E-state index contributed by atoms with van der Waals surface area (Å²) >= 11 is 0. The highest BCUT2D eigenvalue weighted by atomic mass is 16.3. The number of benzene rings is 3. The zero-order valence-electron chi connectivity index (χ0n) is 18.1. The van der Waals surface area contributed by atoms with Crippen LogP contribution in [0, 0.1) is 0 Å². The number of fused-ring (bicyclic) bond motifs is 3. The van der Waals surface area contributed by atoms with E-state index in [1.54, 1.807) is 12.1 Å². The molecular formula is C28H29NO. The quantitative estimate of drug-likeness (QED) is 0.349. The van der Waals surface area contributed by atoms with E-state index >= 15 is 0 Å². The Morgan fingerprint density at radius 1 is 0.933 bits per heavy atom. The molecule has 0 saturated carbocycles. The topological polar surface area (TPSA) is 32.3 Å². The molecule has 1 aliphatic rings. The van der Waals surface area contributed by atoms with Crippen LogP contribution in [0.4, 0.5) is 5.69 Å². The molecule has 0 aliphatic heterocycles. The van der Waals surface area contributed by atoms with Crippen LogP contribution in [-0.4, -0.2) is 5.11 Å². The molecule has 3 aromatic rings. The summed E-state index contributed by atoms with van der Waals surface area (Å²) in [5.74, 6) is 0.273. The molecule has 0 fully saturated rings. The van der Waals surface area contributed by atoms with Crippen molar-refractivity contribution in [2.75, 3.05) is 5.32 Å². The average molecular weight is 396 g/mol. The first-order valence-corrected chi connectivity index (χ1v) is 10.5. The molecule has 2 N–H and O–H groups in total. The van der Waals surface area contributed by atoms with Crippen molar-refractivity contribution in [3.8, 4) is 16.9 Å². The molecule has 1 aliphatic carbocycles. The molecule has 0 radical (unpaired) electrons. The summed E-state index contributed by atoms with van der Waals surface area (Å²) in [6, 6.07) is 22.8. The molecule has 0 bridgehead atoms. The maximum absolute atomic E-state index is 9.62. The number of anilines is 1. The predicted molar refractivity (Wildman–Crippen MR) is 127 cm³/mol. The van der Waals surface area contributed by atoms with Crippen molar-refractivity contribution in [2.24, 2.45) is 0 Å². The van der Waals surface area contributed by atoms with Crippen molar-refractivity contribution in [1.82, 2.24) is 0 Å². The highest BCUT2D eigenvalue weighted by Gasteiger charge is 2.35. The van der Waals surface area contributed by atoms with Crippen LogP contribution in [0.15, 0.2) is 90.5 Å². The second kappa shape index (κ2) is 7.87. The third kappa shape index (κ3) is 3.66. The molecule has 2 heteroatoms. The van der Waals surface area contributed by atoms with E-state index in [4.69, 9.17) is 0 Å². The number of phenolic OH excluding ortho intramolecular Hbond substituents is 1. The average Bonchev–Trinajstić information content (AvgIpc) is 2.96. The minimum Gasteiger partial charge on any atom is -0.508 e. The summed E-state index contributed by atoms with van der Waals surface area (Å²) in [6.07, 6.45) is 6.44. The Balaban J connectivity index is 1.77. The first-order valence-electron chi connectivity index (χ1n) is 10.5. The second-order valence-corrected chi connectivity index (χ2v) is 8.56. The van der Waals surface area contributed by atoms with E-state index in [9.17, 15) is 5.11 Å². The Morgan fingerprint density at radius 2 is 1.63 bits per heavy atom. The van der Waals surface area contributed by atoms with E-state index in [0.29, 0.717) is 0 Å². The van der Waals surface area contributed by atoms with E-state index in [2.05, 4.69) is 86.8 Å². The number of allylic oxidation sites excluding steroid dienone is 3. The lowest BCUT2D eigenvalue weighted by Gasteiger charge is -2.24. The summed E-state index contributed by atoms with van der Waals surface area (Å²) in [6.45, 7) is 8.78. The van der Waals surface area contributed by atoms with Crippen LogP contribution < -0.4 is 5.32 Å². The van der Waals surface area contributed by atoms with Gasteiger partial charge in [-0.05, 0) is 65.9 Å². The zero-order valence-corrected chi connectivity index (χ0v) is 18.1. The fourth-order valence-electron chi connectivity index (χ4n) is 4.46. The lowest BCUT2D eigenvalue weighted by molar-refractivity contribution is 0.475. The summed E-state index contributed by atoms with van der Waals surface area (Å²) in [5, 5.41) is 13.3. The van der Waals surface area contributed by atoms with Crippen LogP contribution in [0.3, 0.4) is 0 Å². The molecule has 0 aromatic heterocycles. The van der Waals surface area contributed by atoms with Gasteiger partial charge in [-0.2, -0.15) is 0 Å². The summed E-state index contributed by atoms with van der Waals surface area (Å²) in [5.41, 5.74) is 8.82. The van der Waals surface area contributed by atoms with Gasteiger partial charge in [-0.1, -0.05) is 80.1 Å². The molecule has 2 nitrogen and oxygen atoms in total. The Kier molecular flexibility index (Phi) is 5.26. The van der Waals surface area contributed by atoms with Crippen molar-refractivity contribution < 1.29 is 5.11 Å². The third-order valence-corrected chi connectivity index (χ3v) is 6.02. The van der Waals surface area contributed by atoms with Gasteiger partial charge >= 0.3 is 0 Å². The van der Waals surface area contributed by atoms with Gasteiger partial charge in [0.05, 0.1) is 6.04 Å². The minimum atomic E-state index is -0.0207. The highest BCUT2D eigenvalue weighted by molar-refractivity contribution is 5.81. The number of nitrogens with one attached hydrogen (secondary N) is 1. The maximum atomic E-state index is 9.62. The molecule has 1 atom stereocenters. The molecule has 0 spiro atoms. The van der Waals surface area contributed by atoms with Gasteiger partial charge < -0.3 is 10.4 Å². The van der Waals surface area contributed by atoms with Gasteiger partial charge in [-0.15, -0.1) is 0 Å². The highest BCUT2D eigenvalue weighted by Crippen LogP contribution is 2.49. The van der Waals surface area contributed by atoms with Gasteiger partial charge in [0.1, 0.15) is 5.75 Å². The largest absolute Gasteiger partial charge is 0.508 e. The summed E-state index contributed by atoms with van der Waals surface area (Å²) in [7, 11) is 0. The summed E-state index contributed by atoms with van der Waals surface area (Å²) < 4.78 is 0. The molecule has 0 amide bonds. The molecule has 3 aromatic carbocycles. The van der Waals surface area contributed by atoms with Crippen molar-refractivity contribution >= 4 is 5.69 Å². The lowest BCUT2D eigenvalue weighted by atomic mass is 9.81. The first-order chi connectivity index (χ1) is 14.4. The number of rotatable bonds is 5. The van der Waals surface area contributed by atoms with Crippen molar-refractivity contribution in [2.45, 2.75) is 39.2 Å². The van der Waals surface area contributed by atoms with E-state index in [1.165, 1.54) is 33.4 Å². The van der Waals surface area contributed by atoms with Crippen LogP contribution >= 0.6 is 0 Å². The minimum absolute atomic E-state index is 0.0207. The van der Waals surface area contributed by atoms with Crippen LogP contribution in [0.5, 0.6) is 5.75 Å². The number of aromatic hydroxyl groups is 1. The standard InChI is InChI=1S/C28H29NO/c1-5-8-19(2)17-27(29-21-12-14-22(30)15-13-21)20-11-16-24-23-9-6-7-10-25(23)28(3,4)26(24)18-20/h5-18,27,29-30H,1-4H3/b8-5-,19-17-. The molecule has 1 unspecified atom stereocenters. The zero-order chi connectivity index (χ0) is 21.3. The van der Waals surface area contributed by atoms with Crippen LogP contribution in [-0.2, 0) is 5.41 Å². The molecule has 152 valence electrons. The van der Waals surface area contributed by atoms with Crippen molar-refractivity contribution in [3.05, 3.63) is 107 Å². The SMILES string of the molecule is C/C=C\C(C)=C/C(Nc1ccc(O)cc1)c1ccc2c(c1)C(C)(C)c1ccccc1-2. The maximum Gasteiger partial charge on any atom is 0.115 e. The second-order valence-electron chi connectivity index (χ2n) is 8.56. The number of phenols is 1. The fraction of sp³-hybridized carbons (Fsp3) is 0.214. The van der Waals surface area contributed by atoms with Crippen molar-refractivity contribution in [3.63, 3.8) is 0 Å². The van der Waals surface area contributed by atoms with Gasteiger partial charge in [0.15, 0.2) is 0 Å². The molecule has 0 saturated heterocycles. The van der Waals surface area contributed by atoms with E-state index < -0.39 is 0 Å². The van der Waals surface area contributed by atoms with Gasteiger partial charge in [-0.3, -0.25) is 0 Å². The van der Waals surface area contributed by atoms with Gasteiger partial charge in [0.2, 0.25) is 0 Å². The van der Waals surface area contributed by atoms with Crippen LogP contribution in [0.25, 0.3) is 11.1 Å². The molecule has 4 rings (SSSR count). The lowest BCUT2D eigenvalue weighted by Crippen LogP contribution is -2.16. The Bertz CT molecular complexity index is 1120. The Hall–Kier alpha value is -3.26. The smallest absolute Gasteiger partial charge is 0.115 e. The third-order valence-electron chi connectivity index (χ3n) is 6.02. The van der Waals surface area contributed by atoms with E-state index in [1.807, 2.05) is 19.1 Å². The van der Waals surface area contributed by atoms with Crippen LogP contribution in [0.2, 0.25) is 0 Å². The first kappa shape index (κ1) is 20.0. The molecular weight excluding hydrogens is 366 g/mol. The van der Waals surface area contributed by atoms with E-state index in [0.717, 1.165) is 5.69 Å². The van der Waals surface area contributed by atoms with E-state index in [-0.39, 0.29) is 17.2 Å². The van der Waals surface area contributed by atoms with Gasteiger partial charge in [-0.25, -0.2) is 0 Å². The number of hydrogen-bond donors (Lipinski definition) is 2. The number of hydrogen-bond acceptors (Lipinski definition) is 2. The Labute approximate surface area is 179 Å². The van der Waals surface area contributed by atoms with Gasteiger partial charge in [0.25, 0.3) is 0 Å². The molecule has 30 heavy (non-hydrogen) atoms. The van der Waals surface area contributed by atoms with Gasteiger partial charge in [0, 0.05) is 11.1 Å². The van der Waals surface area contributed by atoms with Crippen LogP contribution in [0.1, 0.15) is 50.4 Å². The van der Waals surface area contributed by atoms with Crippen molar-refractivity contribution in [1.29, 1.82) is 0 Å². The summed E-state index contributed by atoms with van der Waals surface area (Å²) in [4.78, 5) is 0. The molecule has 0 heterocycles.